The van der Waals surface area contributed by atoms with E-state index in [1.165, 1.54) is 6.07 Å². The van der Waals surface area contributed by atoms with E-state index >= 15 is 0 Å². The molecule has 3 aromatic rings. The van der Waals surface area contributed by atoms with Crippen molar-refractivity contribution in [3.8, 4) is 0 Å². The number of amides is 3. The van der Waals surface area contributed by atoms with Crippen molar-refractivity contribution in [1.82, 2.24) is 10.2 Å². The van der Waals surface area contributed by atoms with Crippen molar-refractivity contribution in [2.45, 2.75) is 12.1 Å². The maximum Gasteiger partial charge on any atom is 0.325 e. The van der Waals surface area contributed by atoms with Crippen LogP contribution in [0.5, 0.6) is 0 Å². The summed E-state index contributed by atoms with van der Waals surface area (Å²) in [5, 5.41) is 14.2. The molecule has 1 aliphatic rings. The van der Waals surface area contributed by atoms with Crippen LogP contribution in [0.25, 0.3) is 0 Å². The summed E-state index contributed by atoms with van der Waals surface area (Å²) >= 11 is 0. The van der Waals surface area contributed by atoms with Crippen LogP contribution in [-0.2, 0) is 16.9 Å². The fourth-order valence-electron chi connectivity index (χ4n) is 3.65. The van der Waals surface area contributed by atoms with Crippen LogP contribution in [0.2, 0.25) is 0 Å². The maximum absolute atomic E-state index is 13.6. The van der Waals surface area contributed by atoms with Gasteiger partial charge in [0, 0.05) is 11.6 Å². The molecule has 7 heteroatoms. The first-order chi connectivity index (χ1) is 14.0. The molecule has 0 spiro atoms. The minimum Gasteiger partial charge on any atom is -0.315 e. The van der Waals surface area contributed by atoms with Gasteiger partial charge in [-0.3, -0.25) is 19.8 Å². The topological polar surface area (TPSA) is 92.6 Å². The number of nitro benzene ring substituents is 1. The highest BCUT2D eigenvalue weighted by atomic mass is 16.6. The van der Waals surface area contributed by atoms with Crippen molar-refractivity contribution in [1.29, 1.82) is 0 Å². The Morgan fingerprint density at radius 3 is 1.90 bits per heavy atom. The van der Waals surface area contributed by atoms with E-state index in [1.807, 2.05) is 12.1 Å². The summed E-state index contributed by atoms with van der Waals surface area (Å²) in [4.78, 5) is 38.3. The number of para-hydroxylation sites is 1. The molecule has 29 heavy (non-hydrogen) atoms. The number of hydrogen-bond donors (Lipinski definition) is 1. The number of rotatable bonds is 5. The van der Waals surface area contributed by atoms with Gasteiger partial charge in [-0.2, -0.15) is 0 Å². The highest BCUT2D eigenvalue weighted by molar-refractivity contribution is 6.09. The zero-order valence-electron chi connectivity index (χ0n) is 15.3. The molecule has 1 aliphatic heterocycles. The molecule has 0 atom stereocenters. The summed E-state index contributed by atoms with van der Waals surface area (Å²) in [6.07, 6.45) is 0. The third kappa shape index (κ3) is 3.02. The summed E-state index contributed by atoms with van der Waals surface area (Å²) in [5.41, 5.74) is 0.00978. The molecule has 3 amide bonds. The number of nitrogens with zero attached hydrogens (tertiary/aromatic N) is 2. The molecular weight excluding hydrogens is 370 g/mol. The second kappa shape index (κ2) is 7.20. The highest BCUT2D eigenvalue weighted by Crippen LogP contribution is 2.37. The third-order valence-electron chi connectivity index (χ3n) is 5.04. The first-order valence-electron chi connectivity index (χ1n) is 9.01. The van der Waals surface area contributed by atoms with E-state index in [2.05, 4.69) is 5.32 Å². The second-order valence-corrected chi connectivity index (χ2v) is 6.69. The van der Waals surface area contributed by atoms with Gasteiger partial charge in [0.25, 0.3) is 11.6 Å². The molecule has 1 N–H and O–H groups in total. The van der Waals surface area contributed by atoms with Gasteiger partial charge in [0.15, 0.2) is 5.54 Å². The number of carbonyl (C=O) groups excluding carboxylic acids is 2. The van der Waals surface area contributed by atoms with Crippen molar-refractivity contribution in [2.24, 2.45) is 0 Å². The molecule has 0 aliphatic carbocycles. The van der Waals surface area contributed by atoms with Gasteiger partial charge in [-0.05, 0) is 11.1 Å². The summed E-state index contributed by atoms with van der Waals surface area (Å²) in [5.74, 6) is -0.474. The van der Waals surface area contributed by atoms with E-state index in [1.54, 1.807) is 66.7 Å². The number of imide groups is 1. The SMILES string of the molecule is O=C1NC(c2ccccc2)(c2ccccc2)C(=O)N1Cc1ccccc1[N+](=O)[O-]. The molecule has 1 heterocycles. The van der Waals surface area contributed by atoms with Crippen LogP contribution < -0.4 is 5.32 Å². The monoisotopic (exact) mass is 387 g/mol. The van der Waals surface area contributed by atoms with Crippen LogP contribution >= 0.6 is 0 Å². The fraction of sp³-hybridized carbons (Fsp3) is 0.0909. The second-order valence-electron chi connectivity index (χ2n) is 6.69. The van der Waals surface area contributed by atoms with Crippen LogP contribution in [0.15, 0.2) is 84.9 Å². The van der Waals surface area contributed by atoms with Crippen LogP contribution in [0.4, 0.5) is 10.5 Å². The normalized spacial score (nSPS) is 15.2. The van der Waals surface area contributed by atoms with Gasteiger partial charge >= 0.3 is 6.03 Å². The van der Waals surface area contributed by atoms with E-state index < -0.39 is 22.4 Å². The first-order valence-corrected chi connectivity index (χ1v) is 9.01. The quantitative estimate of drug-likeness (QED) is 0.411. The van der Waals surface area contributed by atoms with Crippen LogP contribution in [-0.4, -0.2) is 21.8 Å². The van der Waals surface area contributed by atoms with Gasteiger partial charge < -0.3 is 5.32 Å². The number of urea groups is 1. The fourth-order valence-corrected chi connectivity index (χ4v) is 3.65. The lowest BCUT2D eigenvalue weighted by Gasteiger charge is -2.28. The van der Waals surface area contributed by atoms with E-state index in [-0.39, 0.29) is 17.8 Å². The van der Waals surface area contributed by atoms with Crippen LogP contribution in [0, 0.1) is 10.1 Å². The molecule has 7 nitrogen and oxygen atoms in total. The molecule has 0 unspecified atom stereocenters. The zero-order valence-corrected chi connectivity index (χ0v) is 15.3. The van der Waals surface area contributed by atoms with Crippen molar-refractivity contribution in [2.75, 3.05) is 0 Å². The minimum atomic E-state index is -1.39. The van der Waals surface area contributed by atoms with E-state index in [0.717, 1.165) is 4.90 Å². The van der Waals surface area contributed by atoms with Gasteiger partial charge in [-0.1, -0.05) is 78.9 Å². The Kier molecular flexibility index (Phi) is 4.56. The van der Waals surface area contributed by atoms with Gasteiger partial charge in [-0.25, -0.2) is 4.79 Å². The van der Waals surface area contributed by atoms with E-state index in [0.29, 0.717) is 11.1 Å². The van der Waals surface area contributed by atoms with Gasteiger partial charge in [0.05, 0.1) is 11.5 Å². The maximum atomic E-state index is 13.6. The third-order valence-corrected chi connectivity index (χ3v) is 5.04. The van der Waals surface area contributed by atoms with Gasteiger partial charge in [0.2, 0.25) is 0 Å². The molecule has 0 bridgehead atoms. The average Bonchev–Trinajstić information content (AvgIpc) is 3.01. The standard InChI is InChI=1S/C22H17N3O4/c26-20-22(17-10-3-1-4-11-17,18-12-5-2-6-13-18)23-21(27)24(20)15-16-9-7-8-14-19(16)25(28)29/h1-14H,15H2,(H,23,27). The predicted octanol–water partition coefficient (Wildman–Crippen LogP) is 3.59. The summed E-state index contributed by atoms with van der Waals surface area (Å²) in [7, 11) is 0. The van der Waals surface area contributed by atoms with Crippen LogP contribution in [0.1, 0.15) is 16.7 Å². The van der Waals surface area contributed by atoms with Gasteiger partial charge in [-0.15, -0.1) is 0 Å². The van der Waals surface area contributed by atoms with E-state index in [4.69, 9.17) is 0 Å². The number of nitro groups is 1. The Bertz CT molecular complexity index is 1040. The summed E-state index contributed by atoms with van der Waals surface area (Å²) < 4.78 is 0. The molecular formula is C22H17N3O4. The Morgan fingerprint density at radius 1 is 0.828 bits per heavy atom. The predicted molar refractivity (Wildman–Crippen MR) is 106 cm³/mol. The molecule has 3 aromatic carbocycles. The Balaban J connectivity index is 1.80. The lowest BCUT2D eigenvalue weighted by atomic mass is 9.82. The van der Waals surface area contributed by atoms with E-state index in [9.17, 15) is 19.7 Å². The number of carbonyl (C=O) groups is 2. The number of hydrogen-bond acceptors (Lipinski definition) is 4. The molecule has 0 radical (unpaired) electrons. The van der Waals surface area contributed by atoms with Crippen LogP contribution in [0.3, 0.4) is 0 Å². The number of nitrogens with one attached hydrogen (secondary N) is 1. The summed E-state index contributed by atoms with van der Waals surface area (Å²) in [6, 6.07) is 23.4. The average molecular weight is 387 g/mol. The van der Waals surface area contributed by atoms with Crippen molar-refractivity contribution >= 4 is 17.6 Å². The molecule has 1 saturated heterocycles. The lowest BCUT2D eigenvalue weighted by Crippen LogP contribution is -2.45. The molecule has 0 aromatic heterocycles. The molecule has 1 fully saturated rings. The lowest BCUT2D eigenvalue weighted by molar-refractivity contribution is -0.385. The Labute approximate surface area is 166 Å². The largest absolute Gasteiger partial charge is 0.325 e. The summed E-state index contributed by atoms with van der Waals surface area (Å²) in [6.45, 7) is -0.191. The van der Waals surface area contributed by atoms with Crippen molar-refractivity contribution in [3.05, 3.63) is 112 Å². The minimum absolute atomic E-state index is 0.134. The molecule has 4 rings (SSSR count). The molecule has 0 saturated carbocycles. The zero-order chi connectivity index (χ0) is 20.4. The smallest absolute Gasteiger partial charge is 0.315 e. The number of benzene rings is 3. The first kappa shape index (κ1) is 18.4. The Hall–Kier alpha value is -4.00. The van der Waals surface area contributed by atoms with Crippen molar-refractivity contribution in [3.63, 3.8) is 0 Å². The molecule has 144 valence electrons. The van der Waals surface area contributed by atoms with Gasteiger partial charge in [0.1, 0.15) is 0 Å². The Morgan fingerprint density at radius 2 is 1.34 bits per heavy atom. The highest BCUT2D eigenvalue weighted by Gasteiger charge is 2.53. The van der Waals surface area contributed by atoms with Crippen molar-refractivity contribution < 1.29 is 14.5 Å².